The molecule has 1 atom stereocenters. The van der Waals surface area contributed by atoms with E-state index >= 15 is 0 Å². The van der Waals surface area contributed by atoms with E-state index in [4.69, 9.17) is 11.6 Å². The van der Waals surface area contributed by atoms with Crippen molar-refractivity contribution in [3.8, 4) is 0 Å². The van der Waals surface area contributed by atoms with E-state index in [1.165, 1.54) is 11.8 Å². The van der Waals surface area contributed by atoms with E-state index in [0.29, 0.717) is 23.1 Å². The van der Waals surface area contributed by atoms with Gasteiger partial charge in [-0.1, -0.05) is 72.5 Å². The number of amides is 2. The average Bonchev–Trinajstić information content (AvgIpc) is 3.26. The van der Waals surface area contributed by atoms with Crippen molar-refractivity contribution in [2.45, 2.75) is 63.9 Å². The third-order valence-corrected chi connectivity index (χ3v) is 7.08. The first-order valence-electron chi connectivity index (χ1n) is 10.9. The maximum absolute atomic E-state index is 13.2. The quantitative estimate of drug-likeness (QED) is 0.550. The van der Waals surface area contributed by atoms with Gasteiger partial charge in [-0.2, -0.15) is 0 Å². The highest BCUT2D eigenvalue weighted by Gasteiger charge is 2.28. The maximum atomic E-state index is 13.2. The third-order valence-electron chi connectivity index (χ3n) is 5.75. The van der Waals surface area contributed by atoms with Crippen molar-refractivity contribution in [3.63, 3.8) is 0 Å². The molecule has 2 aromatic rings. The van der Waals surface area contributed by atoms with Crippen LogP contribution in [0, 0.1) is 6.92 Å². The molecule has 0 bridgehead atoms. The first-order valence-corrected chi connectivity index (χ1v) is 12.4. The van der Waals surface area contributed by atoms with Crippen LogP contribution in [0.15, 0.2) is 48.5 Å². The van der Waals surface area contributed by atoms with Crippen molar-refractivity contribution in [1.29, 1.82) is 0 Å². The maximum Gasteiger partial charge on any atom is 0.242 e. The summed E-state index contributed by atoms with van der Waals surface area (Å²) < 4.78 is 0. The van der Waals surface area contributed by atoms with Gasteiger partial charge in [0.15, 0.2) is 0 Å². The topological polar surface area (TPSA) is 49.4 Å². The Hall–Kier alpha value is -1.98. The molecule has 1 saturated carbocycles. The number of nitrogens with one attached hydrogen (secondary N) is 1. The Morgan fingerprint density at radius 2 is 1.90 bits per heavy atom. The molecule has 1 aliphatic carbocycles. The lowest BCUT2D eigenvalue weighted by Gasteiger charge is -2.30. The SMILES string of the molecule is Cc1cccc(CN(C(=O)CSCc2ccccc2Cl)C(C)C(=O)NC2CCCC2)c1. The lowest BCUT2D eigenvalue weighted by atomic mass is 10.1. The number of halogens is 1. The number of hydrogen-bond acceptors (Lipinski definition) is 3. The van der Waals surface area contributed by atoms with Crippen molar-refractivity contribution >= 4 is 35.2 Å². The van der Waals surface area contributed by atoms with Crippen LogP contribution in [0.5, 0.6) is 0 Å². The van der Waals surface area contributed by atoms with E-state index in [9.17, 15) is 9.59 Å². The van der Waals surface area contributed by atoms with Gasteiger partial charge in [0.25, 0.3) is 0 Å². The summed E-state index contributed by atoms with van der Waals surface area (Å²) in [6, 6.07) is 15.5. The van der Waals surface area contributed by atoms with E-state index in [1.54, 1.807) is 4.90 Å². The number of nitrogens with zero attached hydrogens (tertiary/aromatic N) is 1. The first kappa shape index (κ1) is 23.7. The van der Waals surface area contributed by atoms with Crippen LogP contribution in [0.3, 0.4) is 0 Å². The molecule has 1 aliphatic rings. The van der Waals surface area contributed by atoms with Crippen LogP contribution in [0.4, 0.5) is 0 Å². The normalized spacial score (nSPS) is 14.9. The van der Waals surface area contributed by atoms with Crippen molar-refractivity contribution in [3.05, 3.63) is 70.2 Å². The molecular weight excluding hydrogens is 428 g/mol. The second-order valence-electron chi connectivity index (χ2n) is 8.26. The van der Waals surface area contributed by atoms with Crippen LogP contribution in [0.2, 0.25) is 5.02 Å². The van der Waals surface area contributed by atoms with E-state index in [-0.39, 0.29) is 17.9 Å². The van der Waals surface area contributed by atoms with Crippen LogP contribution in [0.1, 0.15) is 49.3 Å². The highest BCUT2D eigenvalue weighted by Crippen LogP contribution is 2.22. The molecule has 1 unspecified atom stereocenters. The highest BCUT2D eigenvalue weighted by molar-refractivity contribution is 7.99. The zero-order valence-corrected chi connectivity index (χ0v) is 19.8. The van der Waals surface area contributed by atoms with E-state index in [2.05, 4.69) is 11.4 Å². The van der Waals surface area contributed by atoms with E-state index in [0.717, 1.165) is 42.4 Å². The number of benzene rings is 2. The minimum atomic E-state index is -0.519. The van der Waals surface area contributed by atoms with Crippen molar-refractivity contribution in [2.75, 3.05) is 5.75 Å². The van der Waals surface area contributed by atoms with Crippen molar-refractivity contribution in [1.82, 2.24) is 10.2 Å². The summed E-state index contributed by atoms with van der Waals surface area (Å²) in [6.07, 6.45) is 4.36. The molecule has 0 aromatic heterocycles. The number of aryl methyl sites for hydroxylation is 1. The van der Waals surface area contributed by atoms with Crippen LogP contribution in [-0.2, 0) is 21.9 Å². The van der Waals surface area contributed by atoms with Gasteiger partial charge in [0.1, 0.15) is 6.04 Å². The average molecular weight is 459 g/mol. The summed E-state index contributed by atoms with van der Waals surface area (Å²) in [5.74, 6) is 0.862. The van der Waals surface area contributed by atoms with E-state index in [1.807, 2.05) is 56.3 Å². The van der Waals surface area contributed by atoms with Crippen LogP contribution < -0.4 is 5.32 Å². The minimum Gasteiger partial charge on any atom is -0.352 e. The summed E-state index contributed by atoms with van der Waals surface area (Å²) in [7, 11) is 0. The molecule has 0 spiro atoms. The monoisotopic (exact) mass is 458 g/mol. The molecule has 31 heavy (non-hydrogen) atoms. The van der Waals surface area contributed by atoms with Gasteiger partial charge in [-0.15, -0.1) is 11.8 Å². The molecule has 1 N–H and O–H groups in total. The second-order valence-corrected chi connectivity index (χ2v) is 9.65. The lowest BCUT2D eigenvalue weighted by Crippen LogP contribution is -2.50. The van der Waals surface area contributed by atoms with Gasteiger partial charge >= 0.3 is 0 Å². The summed E-state index contributed by atoms with van der Waals surface area (Å²) >= 11 is 7.76. The predicted molar refractivity (Wildman–Crippen MR) is 129 cm³/mol. The fourth-order valence-corrected chi connectivity index (χ4v) is 5.12. The summed E-state index contributed by atoms with van der Waals surface area (Å²) in [5, 5.41) is 3.85. The Morgan fingerprint density at radius 3 is 2.61 bits per heavy atom. The van der Waals surface area contributed by atoms with Crippen molar-refractivity contribution in [2.24, 2.45) is 0 Å². The number of hydrogen-bond donors (Lipinski definition) is 1. The molecule has 0 heterocycles. The number of rotatable bonds is 9. The Morgan fingerprint density at radius 1 is 1.16 bits per heavy atom. The van der Waals surface area contributed by atoms with Crippen LogP contribution in [-0.4, -0.2) is 34.6 Å². The van der Waals surface area contributed by atoms with Gasteiger partial charge in [0, 0.05) is 23.4 Å². The van der Waals surface area contributed by atoms with E-state index < -0.39 is 6.04 Å². The zero-order valence-electron chi connectivity index (χ0n) is 18.3. The molecule has 2 aromatic carbocycles. The molecule has 0 aliphatic heterocycles. The smallest absolute Gasteiger partial charge is 0.242 e. The molecule has 0 saturated heterocycles. The molecule has 4 nitrogen and oxygen atoms in total. The lowest BCUT2D eigenvalue weighted by molar-refractivity contribution is -0.138. The van der Waals surface area contributed by atoms with Gasteiger partial charge in [0.2, 0.25) is 11.8 Å². The van der Waals surface area contributed by atoms with Gasteiger partial charge in [-0.3, -0.25) is 9.59 Å². The predicted octanol–water partition coefficient (Wildman–Crippen LogP) is 5.36. The van der Waals surface area contributed by atoms with Crippen LogP contribution in [0.25, 0.3) is 0 Å². The summed E-state index contributed by atoms with van der Waals surface area (Å²) in [5.41, 5.74) is 3.19. The van der Waals surface area contributed by atoms with Crippen LogP contribution >= 0.6 is 23.4 Å². The number of carbonyl (C=O) groups is 2. The highest BCUT2D eigenvalue weighted by atomic mass is 35.5. The molecule has 2 amide bonds. The molecule has 3 rings (SSSR count). The first-order chi connectivity index (χ1) is 14.9. The second kappa shape index (κ2) is 11.6. The minimum absolute atomic E-state index is 0.0346. The number of thioether (sulfide) groups is 1. The van der Waals surface area contributed by atoms with Crippen molar-refractivity contribution < 1.29 is 9.59 Å². The molecule has 1 fully saturated rings. The Balaban J connectivity index is 1.66. The molecule has 0 radical (unpaired) electrons. The van der Waals surface area contributed by atoms with Gasteiger partial charge in [-0.25, -0.2) is 0 Å². The fourth-order valence-electron chi connectivity index (χ4n) is 3.93. The zero-order chi connectivity index (χ0) is 22.2. The largest absolute Gasteiger partial charge is 0.352 e. The summed E-state index contributed by atoms with van der Waals surface area (Å²) in [6.45, 7) is 4.29. The third kappa shape index (κ3) is 7.01. The Bertz CT molecular complexity index is 899. The summed E-state index contributed by atoms with van der Waals surface area (Å²) in [4.78, 5) is 27.8. The Labute approximate surface area is 194 Å². The number of carbonyl (C=O) groups excluding carboxylic acids is 2. The molecule has 166 valence electrons. The standard InChI is InChI=1S/C25H31ClN2O2S/c1-18-8-7-9-20(14-18)15-28(19(2)25(30)27-22-11-4-5-12-22)24(29)17-31-16-21-10-3-6-13-23(21)26/h3,6-10,13-14,19,22H,4-5,11-12,15-17H2,1-2H3,(H,27,30). The Kier molecular flexibility index (Phi) is 8.85. The van der Waals surface area contributed by atoms with Gasteiger partial charge in [0.05, 0.1) is 5.75 Å². The van der Waals surface area contributed by atoms with Gasteiger partial charge < -0.3 is 10.2 Å². The molecular formula is C25H31ClN2O2S. The fraction of sp³-hybridized carbons (Fsp3) is 0.440. The van der Waals surface area contributed by atoms with Gasteiger partial charge in [-0.05, 0) is 43.9 Å². The molecule has 6 heteroatoms.